The molecule has 1 saturated heterocycles. The lowest BCUT2D eigenvalue weighted by Gasteiger charge is -2.35. The molecule has 1 aliphatic carbocycles. The molecule has 10 heteroatoms. The van der Waals surface area contributed by atoms with Crippen molar-refractivity contribution in [2.75, 3.05) is 18.9 Å². The quantitative estimate of drug-likeness (QED) is 0.618. The first-order valence-electron chi connectivity index (χ1n) is 10.8. The molecule has 0 bridgehead atoms. The van der Waals surface area contributed by atoms with Gasteiger partial charge in [-0.15, -0.1) is 0 Å². The smallest absolute Gasteiger partial charge is 0.322 e. The first kappa shape index (κ1) is 20.2. The number of hydrogen-bond acceptors (Lipinski definition) is 5. The Morgan fingerprint density at radius 1 is 1.16 bits per heavy atom. The second-order valence-corrected chi connectivity index (χ2v) is 8.50. The van der Waals surface area contributed by atoms with Crippen LogP contribution < -0.4 is 5.32 Å². The second kappa shape index (κ2) is 7.77. The molecule has 2 fully saturated rings. The number of hydrogen-bond donors (Lipinski definition) is 1. The van der Waals surface area contributed by atoms with Crippen LogP contribution in [0.15, 0.2) is 43.0 Å². The molecule has 1 saturated carbocycles. The number of rotatable bonds is 5. The van der Waals surface area contributed by atoms with Crippen molar-refractivity contribution in [3.8, 4) is 0 Å². The number of urea groups is 1. The summed E-state index contributed by atoms with van der Waals surface area (Å²) in [7, 11) is 1.66. The van der Waals surface area contributed by atoms with Gasteiger partial charge >= 0.3 is 6.03 Å². The highest BCUT2D eigenvalue weighted by molar-refractivity contribution is 6.10. The number of carbonyl (C=O) groups excluding carboxylic acids is 3. The average molecular weight is 435 g/mol. The van der Waals surface area contributed by atoms with Crippen LogP contribution in [0.1, 0.15) is 37.8 Å². The number of likely N-dealkylation sites (N-methyl/N-ethyl adjacent to an activating group) is 1. The number of amides is 4. The first-order chi connectivity index (χ1) is 15.5. The van der Waals surface area contributed by atoms with Gasteiger partial charge in [-0.3, -0.25) is 19.2 Å². The molecule has 32 heavy (non-hydrogen) atoms. The van der Waals surface area contributed by atoms with Crippen molar-refractivity contribution >= 4 is 29.2 Å². The van der Waals surface area contributed by atoms with Crippen molar-refractivity contribution in [3.63, 3.8) is 0 Å². The number of pyridine rings is 1. The summed E-state index contributed by atoms with van der Waals surface area (Å²) in [5.74, 6) is -0.692. The summed E-state index contributed by atoms with van der Waals surface area (Å²) in [5, 5.41) is 7.01. The van der Waals surface area contributed by atoms with Crippen molar-refractivity contribution in [1.29, 1.82) is 0 Å². The molecule has 166 valence electrons. The van der Waals surface area contributed by atoms with Gasteiger partial charge in [-0.05, 0) is 25.0 Å². The highest BCUT2D eigenvalue weighted by Gasteiger charge is 2.55. The molecule has 0 aromatic carbocycles. The topological polar surface area (TPSA) is 105 Å². The van der Waals surface area contributed by atoms with Crippen LogP contribution in [0.25, 0.3) is 5.65 Å². The summed E-state index contributed by atoms with van der Waals surface area (Å²) in [6, 6.07) is 5.38. The maximum absolute atomic E-state index is 13.0. The minimum absolute atomic E-state index is 0.262. The summed E-state index contributed by atoms with van der Waals surface area (Å²) in [6.45, 7) is 0.148. The Bertz CT molecular complexity index is 1160. The summed E-state index contributed by atoms with van der Waals surface area (Å²) in [5.41, 5.74) is 1.41. The molecule has 3 aromatic heterocycles. The molecule has 1 spiro atoms. The number of imide groups is 1. The normalized spacial score (nSPS) is 18.2. The number of imidazole rings is 1. The van der Waals surface area contributed by atoms with Gasteiger partial charge in [-0.2, -0.15) is 5.10 Å². The van der Waals surface area contributed by atoms with E-state index in [9.17, 15) is 14.4 Å². The van der Waals surface area contributed by atoms with E-state index in [1.165, 1.54) is 11.1 Å². The molecule has 1 N–H and O–H groups in total. The van der Waals surface area contributed by atoms with Gasteiger partial charge in [-0.25, -0.2) is 9.78 Å². The average Bonchev–Trinajstić information content (AvgIpc) is 3.45. The predicted octanol–water partition coefficient (Wildman–Crippen LogP) is 2.11. The summed E-state index contributed by atoms with van der Waals surface area (Å²) < 4.78 is 3.61. The lowest BCUT2D eigenvalue weighted by atomic mass is 9.81. The maximum atomic E-state index is 13.0. The van der Waals surface area contributed by atoms with E-state index in [4.69, 9.17) is 0 Å². The Morgan fingerprint density at radius 2 is 1.97 bits per heavy atom. The maximum Gasteiger partial charge on any atom is 0.327 e. The molecule has 5 rings (SSSR count). The van der Waals surface area contributed by atoms with Gasteiger partial charge in [0.15, 0.2) is 0 Å². The van der Waals surface area contributed by atoms with Gasteiger partial charge in [-0.1, -0.05) is 25.3 Å². The van der Waals surface area contributed by atoms with Crippen LogP contribution in [0, 0.1) is 0 Å². The monoisotopic (exact) mass is 435 g/mol. The first-order valence-corrected chi connectivity index (χ1v) is 10.8. The van der Waals surface area contributed by atoms with E-state index < -0.39 is 17.5 Å². The van der Waals surface area contributed by atoms with Gasteiger partial charge in [0.2, 0.25) is 5.91 Å². The second-order valence-electron chi connectivity index (χ2n) is 8.50. The standard InChI is InChI=1S/C22H25N7O3/c1-26-21(32)29(20(31)22(26)8-4-2-5-9-22)15-19(30)25-16-11-23-28(13-16)14-17-12-27-10-6-3-7-18(27)24-17/h3,6-7,10-13H,2,4-5,8-9,14-15H2,1H3,(H,25,30). The number of nitrogens with one attached hydrogen (secondary N) is 1. The fraction of sp³-hybridized carbons (Fsp3) is 0.409. The van der Waals surface area contributed by atoms with Crippen LogP contribution in [0.3, 0.4) is 0 Å². The number of anilines is 1. The summed E-state index contributed by atoms with van der Waals surface area (Å²) in [4.78, 5) is 45.4. The van der Waals surface area contributed by atoms with Crippen LogP contribution in [0.2, 0.25) is 0 Å². The van der Waals surface area contributed by atoms with Crippen molar-refractivity contribution in [2.45, 2.75) is 44.2 Å². The van der Waals surface area contributed by atoms with Crippen molar-refractivity contribution in [3.05, 3.63) is 48.7 Å². The van der Waals surface area contributed by atoms with Gasteiger partial charge in [0.05, 0.1) is 24.1 Å². The number of carbonyl (C=O) groups is 3. The summed E-state index contributed by atoms with van der Waals surface area (Å²) in [6.07, 6.45) is 11.3. The Balaban J connectivity index is 1.22. The molecular weight excluding hydrogens is 410 g/mol. The summed E-state index contributed by atoms with van der Waals surface area (Å²) >= 11 is 0. The molecule has 10 nitrogen and oxygen atoms in total. The van der Waals surface area contributed by atoms with Crippen LogP contribution in [0.5, 0.6) is 0 Å². The molecule has 0 radical (unpaired) electrons. The molecule has 1 aliphatic heterocycles. The van der Waals surface area contributed by atoms with Crippen LogP contribution >= 0.6 is 0 Å². The molecule has 3 aromatic rings. The third kappa shape index (κ3) is 3.41. The van der Waals surface area contributed by atoms with Crippen molar-refractivity contribution < 1.29 is 14.4 Å². The van der Waals surface area contributed by atoms with E-state index in [0.29, 0.717) is 25.1 Å². The van der Waals surface area contributed by atoms with Crippen molar-refractivity contribution in [2.24, 2.45) is 0 Å². The van der Waals surface area contributed by atoms with E-state index in [-0.39, 0.29) is 12.5 Å². The molecule has 2 aliphatic rings. The third-order valence-corrected chi connectivity index (χ3v) is 6.44. The fourth-order valence-corrected chi connectivity index (χ4v) is 4.76. The van der Waals surface area contributed by atoms with E-state index in [2.05, 4.69) is 15.4 Å². The Labute approximate surface area is 184 Å². The van der Waals surface area contributed by atoms with E-state index in [1.54, 1.807) is 17.9 Å². The Morgan fingerprint density at radius 3 is 2.75 bits per heavy atom. The molecule has 4 amide bonds. The Kier molecular flexibility index (Phi) is 4.91. The van der Waals surface area contributed by atoms with Gasteiger partial charge in [0, 0.05) is 25.6 Å². The van der Waals surface area contributed by atoms with Crippen LogP contribution in [0.4, 0.5) is 10.5 Å². The van der Waals surface area contributed by atoms with Gasteiger partial charge in [0.25, 0.3) is 5.91 Å². The fourth-order valence-electron chi connectivity index (χ4n) is 4.76. The molecular formula is C22H25N7O3. The number of fused-ring (bicyclic) bond motifs is 1. The third-order valence-electron chi connectivity index (χ3n) is 6.44. The highest BCUT2D eigenvalue weighted by Crippen LogP contribution is 2.39. The zero-order chi connectivity index (χ0) is 22.3. The molecule has 0 unspecified atom stereocenters. The lowest BCUT2D eigenvalue weighted by molar-refractivity contribution is -0.136. The van der Waals surface area contributed by atoms with E-state index in [0.717, 1.165) is 35.5 Å². The van der Waals surface area contributed by atoms with Crippen LogP contribution in [-0.2, 0) is 16.1 Å². The Hall–Kier alpha value is -3.69. The van der Waals surface area contributed by atoms with Crippen molar-refractivity contribution in [1.82, 2.24) is 29.0 Å². The largest absolute Gasteiger partial charge is 0.327 e. The lowest BCUT2D eigenvalue weighted by Crippen LogP contribution is -2.49. The van der Waals surface area contributed by atoms with Gasteiger partial charge in [0.1, 0.15) is 17.7 Å². The van der Waals surface area contributed by atoms with E-state index in [1.807, 2.05) is 35.0 Å². The molecule has 0 atom stereocenters. The highest BCUT2D eigenvalue weighted by atomic mass is 16.2. The SMILES string of the molecule is CN1C(=O)N(CC(=O)Nc2cnn(Cc3cn4ccccc4n3)c2)C(=O)C12CCCCC2. The van der Waals surface area contributed by atoms with Crippen LogP contribution in [-0.4, -0.2) is 65.9 Å². The minimum Gasteiger partial charge on any atom is -0.322 e. The van der Waals surface area contributed by atoms with Gasteiger partial charge < -0.3 is 14.6 Å². The number of aromatic nitrogens is 4. The predicted molar refractivity (Wildman–Crippen MR) is 116 cm³/mol. The zero-order valence-electron chi connectivity index (χ0n) is 17.9. The molecule has 4 heterocycles. The number of nitrogens with zero attached hydrogens (tertiary/aromatic N) is 6. The van der Waals surface area contributed by atoms with E-state index >= 15 is 0 Å². The minimum atomic E-state index is -0.783. The zero-order valence-corrected chi connectivity index (χ0v) is 17.9.